The van der Waals surface area contributed by atoms with E-state index in [0.29, 0.717) is 42.3 Å². The van der Waals surface area contributed by atoms with E-state index in [1.165, 1.54) is 6.07 Å². The summed E-state index contributed by atoms with van der Waals surface area (Å²) >= 11 is 6.50. The van der Waals surface area contributed by atoms with Gasteiger partial charge >= 0.3 is 81.5 Å². The molecular weight excluding hydrogens is 888 g/mol. The molecule has 0 unspecified atom stereocenters. The van der Waals surface area contributed by atoms with Crippen molar-refractivity contribution in [3.63, 3.8) is 0 Å². The largest absolute Gasteiger partial charge is 1.00 e. The Hall–Kier alpha value is -2.78. The molecule has 3 heterocycles. The molecule has 5 rings (SSSR count). The molecule has 20 heteroatoms. The minimum absolute atomic E-state index is 0. The summed E-state index contributed by atoms with van der Waals surface area (Å²) in [7, 11) is -11.7. The van der Waals surface area contributed by atoms with Crippen LogP contribution in [0.1, 0.15) is 80.4 Å². The van der Waals surface area contributed by atoms with Crippen molar-refractivity contribution in [2.24, 2.45) is 4.99 Å². The molecule has 2 aromatic carbocycles. The number of pyridine rings is 1. The standard InChI is InChI=1S/C41H46ClN3O8S2.2Na.O3S/c1-40(2)34-27-32(42)28-44(22-7-9-24-54(48,49)50)38(34)43-36(40)20-12-14-29(30-16-11-17-31(26-30)39(46)47)15-13-21-37-41(3,4)33-18-5-6-19-35(33)45(37)23-8-10-25-55(51,52)53;;;1-4(2)3/h6,11-21,26-28H,7-10,22-25H2,1-4H3,(H,46,47)(H,48,49,50)(H,51,52,53);;;/q;2*+1;/p-2. The molecule has 0 saturated heterocycles. The Bertz CT molecular complexity index is 2590. The zero-order chi connectivity index (χ0) is 43.8. The van der Waals surface area contributed by atoms with Crippen LogP contribution in [0.25, 0.3) is 5.57 Å². The third-order valence-corrected chi connectivity index (χ3v) is 11.7. The van der Waals surface area contributed by atoms with Crippen molar-refractivity contribution in [2.75, 3.05) is 23.0 Å². The number of aryl methyl sites for hydroxylation is 1. The SMILES string of the molecule is CC1(C)C(=CC=CC(=CC=CC2=Nc3c(cc(Cl)c[n+]3CCCCS(=O)(=O)[O-])C2(C)C)c2cccc(C(=O)O)c2)N(CCCCS(=O)(=O)[O-])c2cc[c-]cc21.O=S(=O)=O.[Na+].[Na+]. The first-order chi connectivity index (χ1) is 27.5. The fourth-order valence-corrected chi connectivity index (χ4v) is 8.32. The molecule has 0 saturated carbocycles. The number of carboxylic acid groups (broad SMARTS) is 1. The van der Waals surface area contributed by atoms with Gasteiger partial charge in [-0.05, 0) is 91.4 Å². The van der Waals surface area contributed by atoms with Gasteiger partial charge in [0, 0.05) is 23.7 Å². The number of carboxylic acids is 1. The van der Waals surface area contributed by atoms with Gasteiger partial charge in [0.15, 0.2) is 5.71 Å². The number of aliphatic imine (C=N–C) groups is 1. The Morgan fingerprint density at radius 1 is 0.918 bits per heavy atom. The second-order valence-electron chi connectivity index (χ2n) is 14.9. The van der Waals surface area contributed by atoms with Crippen LogP contribution in [-0.2, 0) is 48.2 Å². The van der Waals surface area contributed by atoms with Crippen LogP contribution in [0.3, 0.4) is 0 Å². The Morgan fingerprint density at radius 3 is 2.16 bits per heavy atom. The van der Waals surface area contributed by atoms with E-state index in [2.05, 4.69) is 24.8 Å². The number of nitrogens with zero attached hydrogens (tertiary/aromatic N) is 3. The molecule has 3 aromatic rings. The predicted molar refractivity (Wildman–Crippen MR) is 222 cm³/mol. The minimum Gasteiger partial charge on any atom is -0.748 e. The number of aromatic carboxylic acids is 1. The van der Waals surface area contributed by atoms with Crippen LogP contribution >= 0.6 is 11.6 Å². The Labute approximate surface area is 408 Å². The van der Waals surface area contributed by atoms with Crippen LogP contribution in [-0.4, -0.2) is 73.4 Å². The van der Waals surface area contributed by atoms with Crippen LogP contribution in [0.15, 0.2) is 102 Å². The smallest absolute Gasteiger partial charge is 0.748 e. The van der Waals surface area contributed by atoms with Gasteiger partial charge in [0.25, 0.3) is 0 Å². The maximum Gasteiger partial charge on any atom is 1.00 e. The number of benzene rings is 2. The van der Waals surface area contributed by atoms with Gasteiger partial charge in [-0.25, -0.2) is 26.2 Å². The Morgan fingerprint density at radius 2 is 1.54 bits per heavy atom. The fourth-order valence-electron chi connectivity index (χ4n) is 6.97. The number of rotatable bonds is 16. The molecule has 0 fully saturated rings. The molecule has 316 valence electrons. The van der Waals surface area contributed by atoms with Crippen molar-refractivity contribution in [1.82, 2.24) is 0 Å². The third kappa shape index (κ3) is 15.5. The first-order valence-corrected chi connectivity index (χ1v) is 22.9. The number of carbonyl (C=O) groups is 1. The quantitative estimate of drug-likeness (QED) is 0.0502. The topological polar surface area (TPSA) is 222 Å². The van der Waals surface area contributed by atoms with Gasteiger partial charge in [0.05, 0.1) is 48.3 Å². The van der Waals surface area contributed by atoms with Gasteiger partial charge in [-0.2, -0.15) is 18.2 Å². The summed E-state index contributed by atoms with van der Waals surface area (Å²) < 4.78 is 94.2. The number of hydrogen-bond acceptors (Lipinski definition) is 12. The molecule has 0 atom stereocenters. The number of halogens is 1. The average Bonchev–Trinajstić information content (AvgIpc) is 3.51. The van der Waals surface area contributed by atoms with Gasteiger partial charge < -0.3 is 19.1 Å². The number of hydrogen-bond donors (Lipinski definition) is 1. The fraction of sp³-hybridized carbons (Fsp3) is 0.341. The van der Waals surface area contributed by atoms with Crippen molar-refractivity contribution in [2.45, 2.75) is 70.8 Å². The van der Waals surface area contributed by atoms with E-state index in [-0.39, 0.29) is 77.5 Å². The van der Waals surface area contributed by atoms with E-state index in [1.54, 1.807) is 18.3 Å². The molecule has 0 spiro atoms. The van der Waals surface area contributed by atoms with Crippen molar-refractivity contribution in [1.29, 1.82) is 0 Å². The van der Waals surface area contributed by atoms with Gasteiger partial charge in [0.1, 0.15) is 6.20 Å². The molecule has 0 amide bonds. The molecule has 0 radical (unpaired) electrons. The summed E-state index contributed by atoms with van der Waals surface area (Å²) in [6.07, 6.45) is 14.6. The van der Waals surface area contributed by atoms with Crippen molar-refractivity contribution in [3.05, 3.63) is 130 Å². The molecule has 2 aliphatic rings. The first-order valence-electron chi connectivity index (χ1n) is 18.4. The zero-order valence-electron chi connectivity index (χ0n) is 34.8. The predicted octanol–water partition coefficient (Wildman–Crippen LogP) is 0.0220. The Balaban J connectivity index is 0.00000204. The van der Waals surface area contributed by atoms with E-state index in [1.807, 2.05) is 85.2 Å². The van der Waals surface area contributed by atoms with E-state index in [9.17, 15) is 35.8 Å². The number of fused-ring (bicyclic) bond motifs is 2. The van der Waals surface area contributed by atoms with Crippen molar-refractivity contribution < 1.29 is 112 Å². The van der Waals surface area contributed by atoms with E-state index < -0.39 is 59.1 Å². The van der Waals surface area contributed by atoms with E-state index in [0.717, 1.165) is 33.8 Å². The van der Waals surface area contributed by atoms with Gasteiger partial charge in [-0.15, -0.1) is 24.3 Å². The third-order valence-electron chi connectivity index (χ3n) is 9.92. The van der Waals surface area contributed by atoms with Crippen LogP contribution in [0.2, 0.25) is 5.02 Å². The summed E-state index contributed by atoms with van der Waals surface area (Å²) in [6, 6.07) is 17.4. The van der Waals surface area contributed by atoms with Crippen molar-refractivity contribution in [3.8, 4) is 0 Å². The molecule has 2 aliphatic heterocycles. The minimum atomic E-state index is -4.31. The van der Waals surface area contributed by atoms with Crippen LogP contribution in [0, 0.1) is 6.07 Å². The summed E-state index contributed by atoms with van der Waals surface area (Å²) in [4.78, 5) is 19.0. The maximum absolute atomic E-state index is 11.9. The van der Waals surface area contributed by atoms with E-state index >= 15 is 0 Å². The van der Waals surface area contributed by atoms with Crippen LogP contribution in [0.5, 0.6) is 0 Å². The zero-order valence-corrected chi connectivity index (χ0v) is 42.0. The maximum atomic E-state index is 11.9. The number of allylic oxidation sites excluding steroid dienone is 8. The molecule has 14 nitrogen and oxygen atoms in total. The summed E-state index contributed by atoms with van der Waals surface area (Å²) in [6.45, 7) is 9.21. The molecule has 0 bridgehead atoms. The number of anilines is 1. The van der Waals surface area contributed by atoms with Crippen LogP contribution < -0.4 is 68.6 Å². The van der Waals surface area contributed by atoms with Gasteiger partial charge in [-0.1, -0.05) is 67.6 Å². The molecular formula is C41H44ClN3Na2O11S3. The molecule has 61 heavy (non-hydrogen) atoms. The van der Waals surface area contributed by atoms with Gasteiger partial charge in [-0.3, -0.25) is 0 Å². The van der Waals surface area contributed by atoms with E-state index in [4.69, 9.17) is 29.2 Å². The summed E-state index contributed by atoms with van der Waals surface area (Å²) in [5.74, 6) is -1.21. The van der Waals surface area contributed by atoms with Crippen LogP contribution in [0.4, 0.5) is 11.5 Å². The molecule has 1 N–H and O–H groups in total. The average molecular weight is 932 g/mol. The second-order valence-corrected chi connectivity index (χ2v) is 18.7. The molecule has 1 aromatic heterocycles. The monoisotopic (exact) mass is 931 g/mol. The van der Waals surface area contributed by atoms with Gasteiger partial charge in [0.2, 0.25) is 0 Å². The number of unbranched alkanes of at least 4 members (excludes halogenated alkanes) is 2. The first kappa shape index (κ1) is 54.4. The second kappa shape index (κ2) is 23.2. The van der Waals surface area contributed by atoms with Crippen molar-refractivity contribution >= 4 is 71.2 Å². The Kier molecular flexibility index (Phi) is 20.7. The normalized spacial score (nSPS) is 16.0. The molecule has 0 aliphatic carbocycles. The summed E-state index contributed by atoms with van der Waals surface area (Å²) in [5.41, 5.74) is 5.28. The summed E-state index contributed by atoms with van der Waals surface area (Å²) in [5, 5.41) is 10.2. The number of aromatic nitrogens is 1.